The number of halogens is 3. The lowest BCUT2D eigenvalue weighted by Gasteiger charge is -2.38. The first-order valence-corrected chi connectivity index (χ1v) is 14.6. The van der Waals surface area contributed by atoms with Gasteiger partial charge < -0.3 is 25.0 Å². The van der Waals surface area contributed by atoms with E-state index in [1.165, 1.54) is 25.1 Å². The largest absolute Gasteiger partial charge is 0.488 e. The summed E-state index contributed by atoms with van der Waals surface area (Å²) in [6.07, 6.45) is 2.08. The molecule has 0 saturated heterocycles. The molecule has 2 aliphatic rings. The standard InChI is InChI=1S/C33H35ClF2N2O4/c1-19(39)17-41-25-10-9-21(16-37)28(31(25)36)29-27-20(2)33(22-7-5-4-6-8-22,42-26(27)15-24(35)30(29)34)18-38-23-11-13-32(3,40)14-12-23/h4-10,15,19-20,23,38-40H,11-14,17-18H2,1-3H3/t19-,20-,23-,32-,33-/m0/s1. The summed E-state index contributed by atoms with van der Waals surface area (Å²) < 4.78 is 43.7. The van der Waals surface area contributed by atoms with Crippen molar-refractivity contribution in [2.45, 2.75) is 75.7 Å². The Bertz CT molecular complexity index is 1500. The van der Waals surface area contributed by atoms with Crippen LogP contribution in [0.1, 0.15) is 69.1 Å². The van der Waals surface area contributed by atoms with E-state index in [9.17, 15) is 15.5 Å². The van der Waals surface area contributed by atoms with Gasteiger partial charge in [0.05, 0.1) is 28.4 Å². The van der Waals surface area contributed by atoms with E-state index in [1.807, 2.05) is 50.2 Å². The summed E-state index contributed by atoms with van der Waals surface area (Å²) in [5.74, 6) is -2.09. The summed E-state index contributed by atoms with van der Waals surface area (Å²) in [6, 6.07) is 15.7. The Kier molecular flexibility index (Phi) is 8.51. The minimum Gasteiger partial charge on any atom is -0.488 e. The van der Waals surface area contributed by atoms with Crippen molar-refractivity contribution in [2.24, 2.45) is 0 Å². The summed E-state index contributed by atoms with van der Waals surface area (Å²) >= 11 is 6.60. The van der Waals surface area contributed by atoms with Crippen LogP contribution in [-0.4, -0.2) is 41.1 Å². The van der Waals surface area contributed by atoms with E-state index in [0.717, 1.165) is 18.4 Å². The topological polar surface area (TPSA) is 94.7 Å². The maximum Gasteiger partial charge on any atom is 0.174 e. The predicted molar refractivity (Wildman–Crippen MR) is 157 cm³/mol. The maximum absolute atomic E-state index is 16.1. The first kappa shape index (κ1) is 30.2. The second-order valence-electron chi connectivity index (χ2n) is 11.8. The average molecular weight is 597 g/mol. The number of nitrogens with zero attached hydrogens (tertiary/aromatic N) is 1. The van der Waals surface area contributed by atoms with E-state index in [2.05, 4.69) is 5.32 Å². The average Bonchev–Trinajstić information content (AvgIpc) is 3.24. The minimum atomic E-state index is -1.00. The van der Waals surface area contributed by atoms with Crippen molar-refractivity contribution in [3.8, 4) is 28.7 Å². The molecule has 9 heteroatoms. The molecule has 0 spiro atoms. The number of nitrogens with one attached hydrogen (secondary N) is 1. The van der Waals surface area contributed by atoms with Crippen molar-refractivity contribution in [3.63, 3.8) is 0 Å². The van der Waals surface area contributed by atoms with Gasteiger partial charge in [-0.15, -0.1) is 0 Å². The molecule has 1 fully saturated rings. The predicted octanol–water partition coefficient (Wildman–Crippen LogP) is 6.59. The highest BCUT2D eigenvalue weighted by Crippen LogP contribution is 2.56. The van der Waals surface area contributed by atoms with Gasteiger partial charge in [0.25, 0.3) is 0 Å². The summed E-state index contributed by atoms with van der Waals surface area (Å²) in [4.78, 5) is 0. The first-order valence-electron chi connectivity index (χ1n) is 14.2. The fourth-order valence-corrected chi connectivity index (χ4v) is 6.42. The third-order valence-electron chi connectivity index (χ3n) is 8.58. The Balaban J connectivity index is 1.62. The highest BCUT2D eigenvalue weighted by Gasteiger charge is 2.50. The van der Waals surface area contributed by atoms with Crippen LogP contribution in [0, 0.1) is 23.0 Å². The number of fused-ring (bicyclic) bond motifs is 1. The van der Waals surface area contributed by atoms with Crippen molar-refractivity contribution in [2.75, 3.05) is 13.2 Å². The Morgan fingerprint density at radius 3 is 2.50 bits per heavy atom. The van der Waals surface area contributed by atoms with Crippen LogP contribution in [0.25, 0.3) is 11.1 Å². The molecule has 6 nitrogen and oxygen atoms in total. The second kappa shape index (κ2) is 11.8. The van der Waals surface area contributed by atoms with E-state index in [-0.39, 0.29) is 45.9 Å². The van der Waals surface area contributed by atoms with Crippen LogP contribution in [-0.2, 0) is 5.60 Å². The third kappa shape index (κ3) is 5.59. The summed E-state index contributed by atoms with van der Waals surface area (Å²) in [6.45, 7) is 5.48. The van der Waals surface area contributed by atoms with Gasteiger partial charge in [0.15, 0.2) is 17.2 Å². The Morgan fingerprint density at radius 2 is 1.86 bits per heavy atom. The number of ether oxygens (including phenoxy) is 2. The lowest BCUT2D eigenvalue weighted by Crippen LogP contribution is -2.49. The molecule has 0 aromatic heterocycles. The quantitative estimate of drug-likeness (QED) is 0.272. The first-order chi connectivity index (χ1) is 20.0. The van der Waals surface area contributed by atoms with E-state index in [4.69, 9.17) is 21.1 Å². The number of nitriles is 1. The number of hydrogen-bond acceptors (Lipinski definition) is 6. The molecule has 222 valence electrons. The highest BCUT2D eigenvalue weighted by molar-refractivity contribution is 6.34. The van der Waals surface area contributed by atoms with Gasteiger partial charge in [-0.3, -0.25) is 0 Å². The zero-order chi connectivity index (χ0) is 30.2. The van der Waals surface area contributed by atoms with Crippen molar-refractivity contribution in [1.29, 1.82) is 5.26 Å². The zero-order valence-electron chi connectivity index (χ0n) is 23.9. The maximum atomic E-state index is 16.1. The van der Waals surface area contributed by atoms with Gasteiger partial charge in [-0.2, -0.15) is 5.26 Å². The molecular formula is C33H35ClF2N2O4. The molecule has 3 N–H and O–H groups in total. The van der Waals surface area contributed by atoms with Crippen molar-refractivity contribution < 1.29 is 28.5 Å². The summed E-state index contributed by atoms with van der Waals surface area (Å²) in [5, 5.41) is 33.3. The van der Waals surface area contributed by atoms with Gasteiger partial charge in [0.2, 0.25) is 0 Å². The SMILES string of the molecule is C[C@H](O)COc1ccc(C#N)c(-c2c(Cl)c(F)cc3c2[C@H](C)[C@@](CN[C@H]2CC[C@](C)(O)CC2)(c2ccccc2)O3)c1F. The molecule has 5 rings (SSSR count). The van der Waals surface area contributed by atoms with Gasteiger partial charge in [-0.05, 0) is 57.2 Å². The van der Waals surface area contributed by atoms with Gasteiger partial charge in [-0.25, -0.2) is 8.78 Å². The number of benzene rings is 3. The monoisotopic (exact) mass is 596 g/mol. The molecule has 3 aromatic rings. The van der Waals surface area contributed by atoms with Crippen molar-refractivity contribution in [1.82, 2.24) is 5.32 Å². The summed E-state index contributed by atoms with van der Waals surface area (Å²) in [5.41, 5.74) is -0.516. The Hall–Kier alpha value is -3.22. The molecule has 1 aliphatic carbocycles. The van der Waals surface area contributed by atoms with Gasteiger partial charge in [0.1, 0.15) is 18.2 Å². The van der Waals surface area contributed by atoms with Crippen LogP contribution in [0.4, 0.5) is 8.78 Å². The van der Waals surface area contributed by atoms with Crippen molar-refractivity contribution in [3.05, 3.63) is 81.9 Å². The van der Waals surface area contributed by atoms with Crippen LogP contribution in [0.5, 0.6) is 11.5 Å². The molecule has 0 amide bonds. The van der Waals surface area contributed by atoms with E-state index in [0.29, 0.717) is 24.9 Å². The Labute approximate surface area is 249 Å². The lowest BCUT2D eigenvalue weighted by molar-refractivity contribution is 0.00890. The van der Waals surface area contributed by atoms with Crippen molar-refractivity contribution >= 4 is 11.6 Å². The zero-order valence-corrected chi connectivity index (χ0v) is 24.6. The minimum absolute atomic E-state index is 0.0385. The second-order valence-corrected chi connectivity index (χ2v) is 12.1. The molecule has 1 aliphatic heterocycles. The van der Waals surface area contributed by atoms with E-state index >= 15 is 8.78 Å². The smallest absolute Gasteiger partial charge is 0.174 e. The normalized spacial score (nSPS) is 25.8. The molecule has 3 atom stereocenters. The van der Waals surface area contributed by atoms with E-state index in [1.54, 1.807) is 0 Å². The molecular weight excluding hydrogens is 562 g/mol. The fraction of sp³-hybridized carbons (Fsp3) is 0.424. The number of rotatable bonds is 8. The summed E-state index contributed by atoms with van der Waals surface area (Å²) in [7, 11) is 0. The van der Waals surface area contributed by atoms with Crippen LogP contribution >= 0.6 is 11.6 Å². The number of aliphatic hydroxyl groups is 2. The van der Waals surface area contributed by atoms with Gasteiger partial charge in [0, 0.05) is 41.3 Å². The highest BCUT2D eigenvalue weighted by atomic mass is 35.5. The molecule has 1 heterocycles. The molecule has 42 heavy (non-hydrogen) atoms. The third-order valence-corrected chi connectivity index (χ3v) is 8.95. The molecule has 0 radical (unpaired) electrons. The van der Waals surface area contributed by atoms with Gasteiger partial charge >= 0.3 is 0 Å². The van der Waals surface area contributed by atoms with Crippen LogP contribution in [0.2, 0.25) is 5.02 Å². The van der Waals surface area contributed by atoms with Gasteiger partial charge in [-0.1, -0.05) is 48.9 Å². The van der Waals surface area contributed by atoms with Crippen LogP contribution in [0.15, 0.2) is 48.5 Å². The van der Waals surface area contributed by atoms with E-state index < -0.39 is 34.9 Å². The molecule has 0 unspecified atom stereocenters. The molecule has 1 saturated carbocycles. The fourth-order valence-electron chi connectivity index (χ4n) is 6.17. The van der Waals surface area contributed by atoms with Crippen LogP contribution < -0.4 is 14.8 Å². The number of hydrogen-bond donors (Lipinski definition) is 3. The number of aliphatic hydroxyl groups excluding tert-OH is 1. The molecule has 0 bridgehead atoms. The Morgan fingerprint density at radius 1 is 1.17 bits per heavy atom. The molecule has 3 aromatic carbocycles. The lowest BCUT2D eigenvalue weighted by atomic mass is 9.77. The van der Waals surface area contributed by atoms with Crippen LogP contribution in [0.3, 0.4) is 0 Å².